The molecule has 4 heteroatoms. The molecule has 0 aromatic carbocycles. The van der Waals surface area contributed by atoms with Crippen LogP contribution in [0.3, 0.4) is 0 Å². The third-order valence-corrected chi connectivity index (χ3v) is 3.77. The lowest BCUT2D eigenvalue weighted by atomic mass is 9.85. The summed E-state index contributed by atoms with van der Waals surface area (Å²) in [5, 5.41) is 3.60. The maximum absolute atomic E-state index is 11.8. The Morgan fingerprint density at radius 2 is 2.06 bits per heavy atom. The molecule has 0 saturated carbocycles. The zero-order valence-electron chi connectivity index (χ0n) is 11.8. The first-order chi connectivity index (χ1) is 8.39. The number of ether oxygens (including phenoxy) is 2. The van der Waals surface area contributed by atoms with Crippen LogP contribution < -0.4 is 5.32 Å². The molecule has 0 radical (unpaired) electrons. The van der Waals surface area contributed by atoms with Gasteiger partial charge in [0.25, 0.3) is 0 Å². The van der Waals surface area contributed by atoms with Gasteiger partial charge in [-0.15, -0.1) is 0 Å². The summed E-state index contributed by atoms with van der Waals surface area (Å²) in [5.74, 6) is 0.344. The molecule has 0 aromatic rings. The van der Waals surface area contributed by atoms with E-state index in [-0.39, 0.29) is 17.1 Å². The Balaban J connectivity index is 1.80. The van der Waals surface area contributed by atoms with Crippen molar-refractivity contribution in [2.75, 3.05) is 19.8 Å². The monoisotopic (exact) mass is 255 g/mol. The Kier molecular flexibility index (Phi) is 3.97. The Bertz CT molecular complexity index is 303. The Labute approximate surface area is 109 Å². The van der Waals surface area contributed by atoms with Gasteiger partial charge in [-0.1, -0.05) is 0 Å². The number of hydrogen-bond acceptors (Lipinski definition) is 4. The van der Waals surface area contributed by atoms with Crippen LogP contribution in [0.15, 0.2) is 0 Å². The van der Waals surface area contributed by atoms with Crippen LogP contribution in [0.1, 0.15) is 46.5 Å². The third-order valence-electron chi connectivity index (χ3n) is 3.77. The van der Waals surface area contributed by atoms with Gasteiger partial charge in [-0.25, -0.2) is 0 Å². The van der Waals surface area contributed by atoms with E-state index in [0.717, 1.165) is 39.0 Å². The SMILES string of the molecule is CC(C)(C)OC(=O)CC1CNC2(CCOCC2)C1. The van der Waals surface area contributed by atoms with Gasteiger partial charge < -0.3 is 14.8 Å². The van der Waals surface area contributed by atoms with Gasteiger partial charge in [-0.05, 0) is 52.5 Å². The Morgan fingerprint density at radius 3 is 2.67 bits per heavy atom. The molecule has 0 aliphatic carbocycles. The van der Waals surface area contributed by atoms with E-state index in [2.05, 4.69) is 5.32 Å². The smallest absolute Gasteiger partial charge is 0.306 e. The average Bonchev–Trinajstić information content (AvgIpc) is 2.59. The van der Waals surface area contributed by atoms with Crippen molar-refractivity contribution in [3.05, 3.63) is 0 Å². The van der Waals surface area contributed by atoms with E-state index in [1.165, 1.54) is 0 Å². The molecule has 2 heterocycles. The molecule has 2 aliphatic heterocycles. The van der Waals surface area contributed by atoms with Gasteiger partial charge in [0.1, 0.15) is 5.60 Å². The second-order valence-corrected chi connectivity index (χ2v) is 6.63. The van der Waals surface area contributed by atoms with Gasteiger partial charge in [-0.2, -0.15) is 0 Å². The van der Waals surface area contributed by atoms with Gasteiger partial charge in [0.15, 0.2) is 0 Å². The van der Waals surface area contributed by atoms with Crippen LogP contribution in [-0.4, -0.2) is 36.9 Å². The van der Waals surface area contributed by atoms with E-state index in [4.69, 9.17) is 9.47 Å². The predicted molar refractivity (Wildman–Crippen MR) is 69.4 cm³/mol. The number of hydrogen-bond donors (Lipinski definition) is 1. The molecule has 0 amide bonds. The molecule has 2 aliphatic rings. The van der Waals surface area contributed by atoms with Crippen LogP contribution >= 0.6 is 0 Å². The summed E-state index contributed by atoms with van der Waals surface area (Å²) in [4.78, 5) is 11.8. The predicted octanol–water partition coefficient (Wildman–Crippen LogP) is 1.88. The summed E-state index contributed by atoms with van der Waals surface area (Å²) in [6, 6.07) is 0. The second-order valence-electron chi connectivity index (χ2n) is 6.63. The van der Waals surface area contributed by atoms with Gasteiger partial charge in [-0.3, -0.25) is 4.79 Å². The fraction of sp³-hybridized carbons (Fsp3) is 0.929. The number of nitrogens with one attached hydrogen (secondary N) is 1. The molecule has 1 unspecified atom stereocenters. The van der Waals surface area contributed by atoms with Crippen molar-refractivity contribution in [2.45, 2.75) is 57.6 Å². The maximum atomic E-state index is 11.8. The van der Waals surface area contributed by atoms with E-state index in [0.29, 0.717) is 12.3 Å². The summed E-state index contributed by atoms with van der Waals surface area (Å²) in [7, 11) is 0. The molecule has 1 spiro atoms. The highest BCUT2D eigenvalue weighted by Crippen LogP contribution is 2.34. The largest absolute Gasteiger partial charge is 0.460 e. The zero-order valence-corrected chi connectivity index (χ0v) is 11.8. The van der Waals surface area contributed by atoms with Crippen molar-refractivity contribution in [3.8, 4) is 0 Å². The van der Waals surface area contributed by atoms with Crippen LogP contribution in [-0.2, 0) is 14.3 Å². The van der Waals surface area contributed by atoms with Crippen molar-refractivity contribution in [1.82, 2.24) is 5.32 Å². The van der Waals surface area contributed by atoms with Crippen molar-refractivity contribution >= 4 is 5.97 Å². The first-order valence-corrected chi connectivity index (χ1v) is 6.93. The Morgan fingerprint density at radius 1 is 1.39 bits per heavy atom. The minimum atomic E-state index is -0.376. The molecule has 1 N–H and O–H groups in total. The molecular weight excluding hydrogens is 230 g/mol. The Hall–Kier alpha value is -0.610. The van der Waals surface area contributed by atoms with Crippen molar-refractivity contribution in [3.63, 3.8) is 0 Å². The topological polar surface area (TPSA) is 47.6 Å². The molecule has 2 saturated heterocycles. The van der Waals surface area contributed by atoms with Crippen LogP contribution in [0.5, 0.6) is 0 Å². The van der Waals surface area contributed by atoms with Crippen molar-refractivity contribution < 1.29 is 14.3 Å². The number of carbonyl (C=O) groups is 1. The highest BCUT2D eigenvalue weighted by Gasteiger charge is 2.40. The summed E-state index contributed by atoms with van der Waals surface area (Å²) >= 11 is 0. The van der Waals surface area contributed by atoms with Gasteiger partial charge >= 0.3 is 5.97 Å². The van der Waals surface area contributed by atoms with E-state index in [1.54, 1.807) is 0 Å². The van der Waals surface area contributed by atoms with Crippen molar-refractivity contribution in [2.24, 2.45) is 5.92 Å². The summed E-state index contributed by atoms with van der Waals surface area (Å²) in [6.45, 7) is 8.35. The highest BCUT2D eigenvalue weighted by atomic mass is 16.6. The van der Waals surface area contributed by atoms with Crippen LogP contribution in [0, 0.1) is 5.92 Å². The summed E-state index contributed by atoms with van der Waals surface area (Å²) < 4.78 is 10.8. The molecule has 0 aromatic heterocycles. The van der Waals surface area contributed by atoms with E-state index < -0.39 is 0 Å². The molecule has 1 atom stereocenters. The van der Waals surface area contributed by atoms with E-state index in [9.17, 15) is 4.79 Å². The average molecular weight is 255 g/mol. The number of carbonyl (C=O) groups excluding carboxylic acids is 1. The lowest BCUT2D eigenvalue weighted by molar-refractivity contribution is -0.155. The fourth-order valence-electron chi connectivity index (χ4n) is 2.96. The fourth-order valence-corrected chi connectivity index (χ4v) is 2.96. The molecular formula is C14H25NO3. The molecule has 0 bridgehead atoms. The standard InChI is InChI=1S/C14H25NO3/c1-13(2,3)18-12(16)8-11-9-14(15-10-11)4-6-17-7-5-14/h11,15H,4-10H2,1-3H3. The van der Waals surface area contributed by atoms with Crippen LogP contribution in [0.2, 0.25) is 0 Å². The van der Waals surface area contributed by atoms with Crippen LogP contribution in [0.4, 0.5) is 0 Å². The first kappa shape index (κ1) is 13.8. The van der Waals surface area contributed by atoms with Crippen molar-refractivity contribution in [1.29, 1.82) is 0 Å². The zero-order chi connectivity index (χ0) is 13.2. The third kappa shape index (κ3) is 3.69. The number of esters is 1. The summed E-state index contributed by atoms with van der Waals surface area (Å²) in [5.41, 5.74) is -0.148. The lowest BCUT2D eigenvalue weighted by Gasteiger charge is -2.33. The lowest BCUT2D eigenvalue weighted by Crippen LogP contribution is -2.44. The van der Waals surface area contributed by atoms with Gasteiger partial charge in [0.2, 0.25) is 0 Å². The molecule has 4 nitrogen and oxygen atoms in total. The first-order valence-electron chi connectivity index (χ1n) is 6.93. The number of rotatable bonds is 2. The van der Waals surface area contributed by atoms with Gasteiger partial charge in [0, 0.05) is 25.2 Å². The molecule has 104 valence electrons. The minimum absolute atomic E-state index is 0.0709. The minimum Gasteiger partial charge on any atom is -0.460 e. The summed E-state index contributed by atoms with van der Waals surface area (Å²) in [6.07, 6.45) is 3.75. The molecule has 18 heavy (non-hydrogen) atoms. The van der Waals surface area contributed by atoms with Crippen LogP contribution in [0.25, 0.3) is 0 Å². The van der Waals surface area contributed by atoms with E-state index in [1.807, 2.05) is 20.8 Å². The quantitative estimate of drug-likeness (QED) is 0.765. The van der Waals surface area contributed by atoms with E-state index >= 15 is 0 Å². The maximum Gasteiger partial charge on any atom is 0.306 e. The normalized spacial score (nSPS) is 27.4. The second kappa shape index (κ2) is 5.17. The highest BCUT2D eigenvalue weighted by molar-refractivity contribution is 5.70. The van der Waals surface area contributed by atoms with Gasteiger partial charge in [0.05, 0.1) is 0 Å². The molecule has 2 rings (SSSR count). The molecule has 2 fully saturated rings.